The average Bonchev–Trinajstić information content (AvgIpc) is 3.43. The minimum atomic E-state index is -1.05. The quantitative estimate of drug-likeness (QED) is 0.218. The molecule has 4 rings (SSSR count). The molecule has 1 aliphatic heterocycles. The van der Waals surface area contributed by atoms with Crippen molar-refractivity contribution in [1.29, 1.82) is 0 Å². The molecule has 6 N–H and O–H groups in total. The van der Waals surface area contributed by atoms with E-state index in [-0.39, 0.29) is 23.4 Å². The molecular formula is C19H20F2N8O. The van der Waals surface area contributed by atoms with E-state index in [1.165, 1.54) is 12.1 Å². The predicted molar refractivity (Wildman–Crippen MR) is 108 cm³/mol. The summed E-state index contributed by atoms with van der Waals surface area (Å²) in [5.41, 5.74) is 9.92. The van der Waals surface area contributed by atoms with Crippen molar-refractivity contribution in [3.63, 3.8) is 0 Å². The van der Waals surface area contributed by atoms with Crippen molar-refractivity contribution < 1.29 is 13.5 Å². The molecule has 1 atom stereocenters. The molecule has 0 spiro atoms. The van der Waals surface area contributed by atoms with E-state index in [2.05, 4.69) is 26.0 Å². The van der Waals surface area contributed by atoms with Gasteiger partial charge in [0.15, 0.2) is 17.5 Å². The van der Waals surface area contributed by atoms with E-state index in [1.54, 1.807) is 18.5 Å². The number of nitrogens with one attached hydrogen (secondary N) is 2. The lowest BCUT2D eigenvalue weighted by molar-refractivity contribution is 0.184. The number of ether oxygens (including phenoxy) is 1. The molecule has 3 heterocycles. The first-order chi connectivity index (χ1) is 14.6. The van der Waals surface area contributed by atoms with Crippen LogP contribution in [0.1, 0.15) is 18.0 Å². The minimum Gasteiger partial charge on any atom is -0.383 e. The zero-order valence-corrected chi connectivity index (χ0v) is 15.8. The number of anilines is 2. The maximum atomic E-state index is 14.1. The highest BCUT2D eigenvalue weighted by Crippen LogP contribution is 2.26. The Hall–Kier alpha value is -3.57. The number of aromatic nitrogens is 3. The van der Waals surface area contributed by atoms with Crippen LogP contribution < -0.4 is 22.4 Å². The molecule has 3 aromatic rings. The third-order valence-corrected chi connectivity index (χ3v) is 4.77. The highest BCUT2D eigenvalue weighted by molar-refractivity contribution is 6.11. The SMILES string of the molecule is NN/N=C(\Nc1cccc(F)c1F)c1cc(-c2cnn([C@@H]3CCOC3)c2)cnc1N. The highest BCUT2D eigenvalue weighted by atomic mass is 19.2. The normalized spacial score (nSPS) is 16.6. The van der Waals surface area contributed by atoms with Crippen molar-refractivity contribution in [2.75, 3.05) is 24.3 Å². The van der Waals surface area contributed by atoms with E-state index < -0.39 is 11.6 Å². The lowest BCUT2D eigenvalue weighted by Gasteiger charge is -2.13. The van der Waals surface area contributed by atoms with Crippen LogP contribution in [0.25, 0.3) is 11.1 Å². The fourth-order valence-electron chi connectivity index (χ4n) is 3.19. The van der Waals surface area contributed by atoms with Crippen molar-refractivity contribution >= 4 is 17.3 Å². The smallest absolute Gasteiger partial charge is 0.182 e. The Labute approximate surface area is 170 Å². The monoisotopic (exact) mass is 414 g/mol. The number of rotatable bonds is 5. The van der Waals surface area contributed by atoms with Gasteiger partial charge in [-0.1, -0.05) is 6.07 Å². The Morgan fingerprint density at radius 1 is 1.27 bits per heavy atom. The van der Waals surface area contributed by atoms with Crippen LogP contribution in [-0.4, -0.2) is 33.8 Å². The van der Waals surface area contributed by atoms with Crippen LogP contribution in [0.4, 0.5) is 20.3 Å². The third-order valence-electron chi connectivity index (χ3n) is 4.77. The minimum absolute atomic E-state index is 0.0745. The van der Waals surface area contributed by atoms with Crippen LogP contribution in [0, 0.1) is 11.6 Å². The lowest BCUT2D eigenvalue weighted by atomic mass is 10.1. The molecule has 11 heteroatoms. The molecule has 0 bridgehead atoms. The summed E-state index contributed by atoms with van der Waals surface area (Å²) in [6.45, 7) is 1.33. The molecule has 1 saturated heterocycles. The molecule has 0 aliphatic carbocycles. The summed E-state index contributed by atoms with van der Waals surface area (Å²) in [5, 5.41) is 11.0. The number of nitrogens with two attached hydrogens (primary N) is 2. The number of benzene rings is 1. The fourth-order valence-corrected chi connectivity index (χ4v) is 3.19. The number of hydrogen-bond donors (Lipinski definition) is 4. The van der Waals surface area contributed by atoms with Crippen molar-refractivity contribution in [1.82, 2.24) is 20.3 Å². The topological polar surface area (TPSA) is 128 Å². The summed E-state index contributed by atoms with van der Waals surface area (Å²) in [7, 11) is 0. The van der Waals surface area contributed by atoms with Gasteiger partial charge in [-0.05, 0) is 24.6 Å². The third kappa shape index (κ3) is 3.93. The van der Waals surface area contributed by atoms with E-state index in [0.29, 0.717) is 18.8 Å². The lowest BCUT2D eigenvalue weighted by Crippen LogP contribution is -2.24. The van der Waals surface area contributed by atoms with Crippen molar-refractivity contribution in [2.45, 2.75) is 12.5 Å². The Morgan fingerprint density at radius 2 is 2.13 bits per heavy atom. The van der Waals surface area contributed by atoms with Crippen LogP contribution in [-0.2, 0) is 4.74 Å². The molecule has 1 aliphatic rings. The van der Waals surface area contributed by atoms with Crippen LogP contribution in [0.15, 0.2) is 48.0 Å². The number of nitrogen functional groups attached to an aromatic ring is 1. The summed E-state index contributed by atoms with van der Waals surface area (Å²) < 4.78 is 34.9. The molecule has 1 aromatic carbocycles. The van der Waals surface area contributed by atoms with Gasteiger partial charge in [-0.2, -0.15) is 5.10 Å². The molecule has 156 valence electrons. The van der Waals surface area contributed by atoms with Gasteiger partial charge in [-0.15, -0.1) is 5.10 Å². The summed E-state index contributed by atoms with van der Waals surface area (Å²) in [4.78, 5) is 4.21. The highest BCUT2D eigenvalue weighted by Gasteiger charge is 2.20. The van der Waals surface area contributed by atoms with E-state index in [0.717, 1.165) is 23.6 Å². The standard InChI is InChI=1S/C19H20F2N8O/c20-15-2-1-3-16(17(15)21)26-19(27-28-23)14-6-11(7-24-18(14)22)12-8-25-29(9-12)13-4-5-30-10-13/h1-3,6-9,13,28H,4-5,10,23H2,(H2,22,24)(H,26,27)/t13-/m1/s1. The van der Waals surface area contributed by atoms with Gasteiger partial charge in [0, 0.05) is 30.1 Å². The van der Waals surface area contributed by atoms with Gasteiger partial charge in [-0.3, -0.25) is 4.68 Å². The van der Waals surface area contributed by atoms with Crippen molar-refractivity contribution in [2.24, 2.45) is 10.9 Å². The van der Waals surface area contributed by atoms with Crippen LogP contribution in [0.5, 0.6) is 0 Å². The fraction of sp³-hybridized carbons (Fsp3) is 0.211. The van der Waals surface area contributed by atoms with Crippen molar-refractivity contribution in [3.05, 3.63) is 60.1 Å². The maximum absolute atomic E-state index is 14.1. The second-order valence-electron chi connectivity index (χ2n) is 6.70. The van der Waals surface area contributed by atoms with Gasteiger partial charge in [-0.25, -0.2) is 25.1 Å². The van der Waals surface area contributed by atoms with E-state index in [9.17, 15) is 8.78 Å². The molecular weight excluding hydrogens is 394 g/mol. The Morgan fingerprint density at radius 3 is 2.90 bits per heavy atom. The van der Waals surface area contributed by atoms with Crippen molar-refractivity contribution in [3.8, 4) is 11.1 Å². The van der Waals surface area contributed by atoms with E-state index in [4.69, 9.17) is 16.3 Å². The van der Waals surface area contributed by atoms with Gasteiger partial charge in [0.25, 0.3) is 0 Å². The van der Waals surface area contributed by atoms with Gasteiger partial charge < -0.3 is 15.8 Å². The molecule has 0 radical (unpaired) electrons. The predicted octanol–water partition coefficient (Wildman–Crippen LogP) is 2.00. The number of hydrazine groups is 1. The Kier molecular flexibility index (Phi) is 5.55. The first-order valence-electron chi connectivity index (χ1n) is 9.19. The molecule has 2 aromatic heterocycles. The first-order valence-corrected chi connectivity index (χ1v) is 9.19. The second-order valence-corrected chi connectivity index (χ2v) is 6.70. The zero-order valence-electron chi connectivity index (χ0n) is 15.8. The van der Waals surface area contributed by atoms with E-state index >= 15 is 0 Å². The molecule has 0 amide bonds. The average molecular weight is 414 g/mol. The largest absolute Gasteiger partial charge is 0.383 e. The van der Waals surface area contributed by atoms with Gasteiger partial charge >= 0.3 is 0 Å². The van der Waals surface area contributed by atoms with Crippen LogP contribution in [0.2, 0.25) is 0 Å². The van der Waals surface area contributed by atoms with Gasteiger partial charge in [0.2, 0.25) is 0 Å². The number of pyridine rings is 1. The van der Waals surface area contributed by atoms with Crippen LogP contribution >= 0.6 is 0 Å². The number of hydrazone groups is 1. The molecule has 9 nitrogen and oxygen atoms in total. The molecule has 0 saturated carbocycles. The number of amidine groups is 1. The first kappa shape index (κ1) is 19.7. The maximum Gasteiger partial charge on any atom is 0.182 e. The number of nitrogens with zero attached hydrogens (tertiary/aromatic N) is 4. The molecule has 0 unspecified atom stereocenters. The summed E-state index contributed by atoms with van der Waals surface area (Å²) in [6, 6.07) is 5.66. The summed E-state index contributed by atoms with van der Waals surface area (Å²) in [6.07, 6.45) is 6.11. The van der Waals surface area contributed by atoms with Gasteiger partial charge in [0.1, 0.15) is 5.82 Å². The Bertz CT molecular complexity index is 1080. The Balaban J connectivity index is 1.67. The number of halogens is 2. The summed E-state index contributed by atoms with van der Waals surface area (Å²) >= 11 is 0. The second kappa shape index (κ2) is 8.43. The molecule has 30 heavy (non-hydrogen) atoms. The van der Waals surface area contributed by atoms with Gasteiger partial charge in [0.05, 0.1) is 30.1 Å². The molecule has 1 fully saturated rings. The summed E-state index contributed by atoms with van der Waals surface area (Å²) in [5.74, 6) is 3.49. The van der Waals surface area contributed by atoms with Crippen LogP contribution in [0.3, 0.4) is 0 Å². The van der Waals surface area contributed by atoms with E-state index in [1.807, 2.05) is 10.9 Å². The zero-order chi connectivity index (χ0) is 21.1. The number of hydrogen-bond acceptors (Lipinski definition) is 7.